The minimum Gasteiger partial charge on any atom is -0.496 e. The first kappa shape index (κ1) is 21.0. The number of likely N-dealkylation sites (tertiary alicyclic amines) is 1. The summed E-state index contributed by atoms with van der Waals surface area (Å²) >= 11 is 0. The van der Waals surface area contributed by atoms with Crippen LogP contribution in [0.4, 0.5) is 0 Å². The quantitative estimate of drug-likeness (QED) is 0.687. The molecule has 6 heteroatoms. The molecule has 0 bridgehead atoms. The lowest BCUT2D eigenvalue weighted by Gasteiger charge is -2.31. The van der Waals surface area contributed by atoms with Gasteiger partial charge in [0.2, 0.25) is 5.91 Å². The maximum Gasteiger partial charge on any atom is 0.253 e. The van der Waals surface area contributed by atoms with Crippen LogP contribution in [0.3, 0.4) is 0 Å². The molecule has 6 nitrogen and oxygen atoms in total. The topological polar surface area (TPSA) is 65.6 Å². The third-order valence-electron chi connectivity index (χ3n) is 6.11. The van der Waals surface area contributed by atoms with Gasteiger partial charge in [0.1, 0.15) is 5.75 Å². The van der Waals surface area contributed by atoms with Crippen LogP contribution in [-0.4, -0.2) is 60.9 Å². The van der Waals surface area contributed by atoms with E-state index in [0.29, 0.717) is 5.56 Å². The molecule has 1 atom stereocenters. The fourth-order valence-electron chi connectivity index (χ4n) is 4.46. The highest BCUT2D eigenvalue weighted by Crippen LogP contribution is 2.38. The van der Waals surface area contributed by atoms with Crippen LogP contribution in [0.5, 0.6) is 5.75 Å². The van der Waals surface area contributed by atoms with Crippen molar-refractivity contribution in [1.29, 1.82) is 0 Å². The van der Waals surface area contributed by atoms with E-state index >= 15 is 0 Å². The first-order valence-corrected chi connectivity index (χ1v) is 10.7. The zero-order valence-electron chi connectivity index (χ0n) is 18.6. The second-order valence-electron chi connectivity index (χ2n) is 8.42. The number of carbonyl (C=O) groups excluding carboxylic acids is 2. The van der Waals surface area contributed by atoms with Crippen molar-refractivity contribution in [2.75, 3.05) is 34.3 Å². The zero-order valence-corrected chi connectivity index (χ0v) is 18.6. The molecular formula is C25H29N3O3. The zero-order chi connectivity index (χ0) is 22.1. The number of para-hydroxylation sites is 1. The fraction of sp³-hybridized carbons (Fsp3) is 0.360. The molecule has 0 spiro atoms. The first-order valence-electron chi connectivity index (χ1n) is 10.7. The van der Waals surface area contributed by atoms with Crippen LogP contribution in [0.1, 0.15) is 41.7 Å². The van der Waals surface area contributed by atoms with E-state index in [4.69, 9.17) is 4.74 Å². The number of aromatic nitrogens is 1. The number of nitrogens with zero attached hydrogens (tertiary/aromatic N) is 2. The van der Waals surface area contributed by atoms with E-state index in [1.54, 1.807) is 33.0 Å². The van der Waals surface area contributed by atoms with Crippen molar-refractivity contribution in [3.8, 4) is 16.9 Å². The molecular weight excluding hydrogens is 390 g/mol. The highest BCUT2D eigenvalue weighted by molar-refractivity contribution is 6.04. The predicted molar refractivity (Wildman–Crippen MR) is 123 cm³/mol. The summed E-state index contributed by atoms with van der Waals surface area (Å²) in [6.07, 6.45) is 2.02. The van der Waals surface area contributed by atoms with E-state index in [1.807, 2.05) is 41.3 Å². The van der Waals surface area contributed by atoms with E-state index < -0.39 is 0 Å². The predicted octanol–water partition coefficient (Wildman–Crippen LogP) is 4.27. The Bertz CT molecular complexity index is 1130. The summed E-state index contributed by atoms with van der Waals surface area (Å²) in [5.74, 6) is 1.09. The van der Waals surface area contributed by atoms with Crippen LogP contribution in [0.2, 0.25) is 0 Å². The number of fused-ring (bicyclic) bond motifs is 1. The summed E-state index contributed by atoms with van der Waals surface area (Å²) in [5.41, 5.74) is 4.59. The maximum absolute atomic E-state index is 12.8. The third kappa shape index (κ3) is 4.02. The number of H-pyrrole nitrogens is 1. The summed E-state index contributed by atoms with van der Waals surface area (Å²) in [4.78, 5) is 31.8. The standard InChI is InChI=1S/C25H29N3O3/c1-16(29)28-11-7-8-17(15-28)22-14-18-12-19(25(30)27(2)3)13-21(24(18)26-22)20-9-5-6-10-23(20)31-4/h5-6,9-10,12-14,17,26H,7-8,11,15H2,1-4H3. The Kier molecular flexibility index (Phi) is 5.72. The van der Waals surface area contributed by atoms with Crippen molar-refractivity contribution in [2.45, 2.75) is 25.7 Å². The average Bonchev–Trinajstić information content (AvgIpc) is 3.22. The van der Waals surface area contributed by atoms with E-state index in [9.17, 15) is 9.59 Å². The van der Waals surface area contributed by atoms with Crippen LogP contribution in [-0.2, 0) is 4.79 Å². The number of ether oxygens (including phenoxy) is 1. The Hall–Kier alpha value is -3.28. The highest BCUT2D eigenvalue weighted by atomic mass is 16.5. The van der Waals surface area contributed by atoms with Gasteiger partial charge in [-0.05, 0) is 37.1 Å². The van der Waals surface area contributed by atoms with Gasteiger partial charge in [0, 0.05) is 67.8 Å². The Labute approximate surface area is 182 Å². The van der Waals surface area contributed by atoms with Crippen molar-refractivity contribution in [2.24, 2.45) is 0 Å². The Balaban J connectivity index is 1.86. The lowest BCUT2D eigenvalue weighted by Crippen LogP contribution is -2.37. The second-order valence-corrected chi connectivity index (χ2v) is 8.42. The largest absolute Gasteiger partial charge is 0.496 e. The molecule has 1 aliphatic heterocycles. The lowest BCUT2D eigenvalue weighted by molar-refractivity contribution is -0.130. The molecule has 0 radical (unpaired) electrons. The minimum atomic E-state index is -0.0405. The van der Waals surface area contributed by atoms with Crippen LogP contribution in [0.15, 0.2) is 42.5 Å². The first-order chi connectivity index (χ1) is 14.9. The normalized spacial score (nSPS) is 16.4. The summed E-state index contributed by atoms with van der Waals surface area (Å²) in [6, 6.07) is 13.9. The number of carbonyl (C=O) groups is 2. The van der Waals surface area contributed by atoms with Gasteiger partial charge in [0.15, 0.2) is 0 Å². The molecule has 0 aliphatic carbocycles. The lowest BCUT2D eigenvalue weighted by atomic mass is 9.94. The average molecular weight is 420 g/mol. The minimum absolute atomic E-state index is 0.0405. The maximum atomic E-state index is 12.8. The molecule has 2 aromatic carbocycles. The van der Waals surface area contributed by atoms with E-state index in [0.717, 1.165) is 59.4 Å². The number of methoxy groups -OCH3 is 1. The molecule has 4 rings (SSSR count). The van der Waals surface area contributed by atoms with Gasteiger partial charge < -0.3 is 19.5 Å². The van der Waals surface area contributed by atoms with Crippen molar-refractivity contribution >= 4 is 22.7 Å². The van der Waals surface area contributed by atoms with Gasteiger partial charge >= 0.3 is 0 Å². The number of hydrogen-bond donors (Lipinski definition) is 1. The van der Waals surface area contributed by atoms with E-state index in [2.05, 4.69) is 11.1 Å². The van der Waals surface area contributed by atoms with Crippen molar-refractivity contribution in [1.82, 2.24) is 14.8 Å². The van der Waals surface area contributed by atoms with Crippen molar-refractivity contribution in [3.63, 3.8) is 0 Å². The van der Waals surface area contributed by atoms with Crippen molar-refractivity contribution < 1.29 is 14.3 Å². The summed E-state index contributed by atoms with van der Waals surface area (Å²) in [6.45, 7) is 3.17. The molecule has 3 aromatic rings. The second kappa shape index (κ2) is 8.46. The molecule has 1 aromatic heterocycles. The van der Waals surface area contributed by atoms with Crippen LogP contribution in [0, 0.1) is 0 Å². The third-order valence-corrected chi connectivity index (χ3v) is 6.11. The van der Waals surface area contributed by atoms with E-state index in [1.165, 1.54) is 0 Å². The molecule has 1 N–H and O–H groups in total. The molecule has 0 saturated carbocycles. The number of piperidine rings is 1. The van der Waals surface area contributed by atoms with Crippen LogP contribution >= 0.6 is 0 Å². The number of amides is 2. The Morgan fingerprint density at radius 1 is 1.13 bits per heavy atom. The molecule has 1 fully saturated rings. The molecule has 1 unspecified atom stereocenters. The number of aromatic amines is 1. The highest BCUT2D eigenvalue weighted by Gasteiger charge is 2.25. The van der Waals surface area contributed by atoms with Crippen molar-refractivity contribution in [3.05, 3.63) is 53.7 Å². The number of nitrogens with one attached hydrogen (secondary N) is 1. The molecule has 2 heterocycles. The molecule has 2 amide bonds. The summed E-state index contributed by atoms with van der Waals surface area (Å²) in [7, 11) is 5.18. The number of hydrogen-bond acceptors (Lipinski definition) is 3. The van der Waals surface area contributed by atoms with Gasteiger partial charge in [-0.1, -0.05) is 18.2 Å². The SMILES string of the molecule is COc1ccccc1-c1cc(C(=O)N(C)C)cc2cc(C3CCCN(C(C)=O)C3)[nH]c12. The monoisotopic (exact) mass is 419 g/mol. The van der Waals surface area contributed by atoms with E-state index in [-0.39, 0.29) is 17.7 Å². The number of rotatable bonds is 4. The Morgan fingerprint density at radius 2 is 1.90 bits per heavy atom. The molecule has 31 heavy (non-hydrogen) atoms. The summed E-state index contributed by atoms with van der Waals surface area (Å²) in [5, 5.41) is 0.989. The van der Waals surface area contributed by atoms with Gasteiger partial charge in [-0.15, -0.1) is 0 Å². The summed E-state index contributed by atoms with van der Waals surface area (Å²) < 4.78 is 5.61. The van der Waals surface area contributed by atoms with Gasteiger partial charge in [-0.2, -0.15) is 0 Å². The molecule has 1 saturated heterocycles. The number of benzene rings is 2. The van der Waals surface area contributed by atoms with Gasteiger partial charge in [0.05, 0.1) is 12.6 Å². The van der Waals surface area contributed by atoms with Crippen LogP contribution < -0.4 is 4.74 Å². The molecule has 1 aliphatic rings. The smallest absolute Gasteiger partial charge is 0.253 e. The van der Waals surface area contributed by atoms with Gasteiger partial charge in [-0.3, -0.25) is 9.59 Å². The molecule has 162 valence electrons. The van der Waals surface area contributed by atoms with Gasteiger partial charge in [0.25, 0.3) is 5.91 Å². The van der Waals surface area contributed by atoms with Gasteiger partial charge in [-0.25, -0.2) is 0 Å². The van der Waals surface area contributed by atoms with Crippen LogP contribution in [0.25, 0.3) is 22.0 Å². The fourth-order valence-corrected chi connectivity index (χ4v) is 4.46. The Morgan fingerprint density at radius 3 is 2.61 bits per heavy atom.